The van der Waals surface area contributed by atoms with Gasteiger partial charge in [0.25, 0.3) is 0 Å². The van der Waals surface area contributed by atoms with Gasteiger partial charge in [0.15, 0.2) is 0 Å². The molecule has 4 heteroatoms. The number of nitrogens with zero attached hydrogens (tertiary/aromatic N) is 2. The lowest BCUT2D eigenvalue weighted by molar-refractivity contribution is 0.253. The first-order chi connectivity index (χ1) is 8.71. The van der Waals surface area contributed by atoms with E-state index in [1.165, 1.54) is 6.42 Å². The molecule has 0 aliphatic heterocycles. The van der Waals surface area contributed by atoms with Crippen LogP contribution in [-0.4, -0.2) is 4.98 Å². The van der Waals surface area contributed by atoms with Crippen LogP contribution in [0.25, 0.3) is 11.3 Å². The van der Waals surface area contributed by atoms with Crippen molar-refractivity contribution in [3.8, 4) is 17.3 Å². The summed E-state index contributed by atoms with van der Waals surface area (Å²) in [6.45, 7) is 0. The van der Waals surface area contributed by atoms with E-state index in [4.69, 9.17) is 11.0 Å². The number of thiazole rings is 1. The largest absolute Gasteiger partial charge is 0.319 e. The summed E-state index contributed by atoms with van der Waals surface area (Å²) in [6, 6.07) is 9.61. The molecule has 0 atom stereocenters. The summed E-state index contributed by atoms with van der Waals surface area (Å²) >= 11 is 1.64. The first-order valence-corrected chi connectivity index (χ1v) is 6.85. The summed E-state index contributed by atoms with van der Waals surface area (Å²) in [6.07, 6.45) is 3.27. The van der Waals surface area contributed by atoms with Crippen molar-refractivity contribution in [3.63, 3.8) is 0 Å². The second-order valence-electron chi connectivity index (χ2n) is 4.74. The van der Waals surface area contributed by atoms with Gasteiger partial charge in [-0.2, -0.15) is 5.26 Å². The maximum absolute atomic E-state index is 8.77. The van der Waals surface area contributed by atoms with Crippen LogP contribution in [0.4, 0.5) is 0 Å². The molecule has 0 unspecified atom stereocenters. The van der Waals surface area contributed by atoms with Crippen molar-refractivity contribution in [1.29, 1.82) is 5.26 Å². The third kappa shape index (κ3) is 1.82. The third-order valence-corrected chi connectivity index (χ3v) is 4.55. The molecule has 1 aromatic carbocycles. The van der Waals surface area contributed by atoms with Crippen molar-refractivity contribution >= 4 is 11.3 Å². The molecule has 1 aliphatic rings. The smallest absolute Gasteiger partial charge is 0.113 e. The standard InChI is InChI=1S/C14H13N3S/c15-8-10-2-4-11(5-3-10)12-9-18-13(17-12)14(16)6-1-7-14/h2-5,9H,1,6-7,16H2. The Bertz CT molecular complexity index is 603. The van der Waals surface area contributed by atoms with E-state index in [1.54, 1.807) is 11.3 Å². The fourth-order valence-corrected chi connectivity index (χ4v) is 3.12. The monoisotopic (exact) mass is 255 g/mol. The molecule has 1 fully saturated rings. The number of aromatic nitrogens is 1. The van der Waals surface area contributed by atoms with Gasteiger partial charge in [-0.05, 0) is 31.4 Å². The van der Waals surface area contributed by atoms with Crippen molar-refractivity contribution in [1.82, 2.24) is 4.98 Å². The summed E-state index contributed by atoms with van der Waals surface area (Å²) < 4.78 is 0. The number of hydrogen-bond acceptors (Lipinski definition) is 4. The van der Waals surface area contributed by atoms with Gasteiger partial charge in [0.2, 0.25) is 0 Å². The van der Waals surface area contributed by atoms with Gasteiger partial charge in [0, 0.05) is 10.9 Å². The van der Waals surface area contributed by atoms with E-state index in [0.717, 1.165) is 29.1 Å². The molecule has 1 heterocycles. The molecular weight excluding hydrogens is 242 g/mol. The molecule has 0 saturated heterocycles. The van der Waals surface area contributed by atoms with Gasteiger partial charge >= 0.3 is 0 Å². The highest BCUT2D eigenvalue weighted by atomic mass is 32.1. The molecule has 3 nitrogen and oxygen atoms in total. The lowest BCUT2D eigenvalue weighted by Crippen LogP contribution is -2.43. The minimum atomic E-state index is -0.185. The third-order valence-electron chi connectivity index (χ3n) is 3.49. The predicted molar refractivity (Wildman–Crippen MR) is 72.0 cm³/mol. The first-order valence-electron chi connectivity index (χ1n) is 5.97. The van der Waals surface area contributed by atoms with Crippen LogP contribution >= 0.6 is 11.3 Å². The molecule has 90 valence electrons. The van der Waals surface area contributed by atoms with Gasteiger partial charge < -0.3 is 5.73 Å². The molecule has 2 N–H and O–H groups in total. The average molecular weight is 255 g/mol. The summed E-state index contributed by atoms with van der Waals surface area (Å²) in [5.74, 6) is 0. The zero-order chi connectivity index (χ0) is 12.6. The maximum atomic E-state index is 8.77. The number of nitriles is 1. The molecule has 0 amide bonds. The molecule has 3 rings (SSSR count). The molecule has 1 saturated carbocycles. The van der Waals surface area contributed by atoms with Gasteiger partial charge in [-0.1, -0.05) is 12.1 Å². The SMILES string of the molecule is N#Cc1ccc(-c2csc(C3(N)CCC3)n2)cc1. The number of rotatable bonds is 2. The van der Waals surface area contributed by atoms with Gasteiger partial charge in [-0.3, -0.25) is 0 Å². The van der Waals surface area contributed by atoms with E-state index in [2.05, 4.69) is 11.1 Å². The highest BCUT2D eigenvalue weighted by molar-refractivity contribution is 7.10. The maximum Gasteiger partial charge on any atom is 0.113 e. The van der Waals surface area contributed by atoms with Crippen molar-refractivity contribution in [2.75, 3.05) is 0 Å². The van der Waals surface area contributed by atoms with Crippen LogP contribution < -0.4 is 5.73 Å². The van der Waals surface area contributed by atoms with Crippen LogP contribution in [0.5, 0.6) is 0 Å². The predicted octanol–water partition coefficient (Wildman–Crippen LogP) is 3.02. The number of hydrogen-bond donors (Lipinski definition) is 1. The van der Waals surface area contributed by atoms with E-state index in [0.29, 0.717) is 5.56 Å². The fraction of sp³-hybridized carbons (Fsp3) is 0.286. The quantitative estimate of drug-likeness (QED) is 0.897. The zero-order valence-corrected chi connectivity index (χ0v) is 10.7. The van der Waals surface area contributed by atoms with Gasteiger partial charge in [-0.25, -0.2) is 4.98 Å². The molecule has 2 aromatic rings. The zero-order valence-electron chi connectivity index (χ0n) is 9.89. The van der Waals surface area contributed by atoms with Crippen molar-refractivity contribution in [3.05, 3.63) is 40.2 Å². The van der Waals surface area contributed by atoms with E-state index in [-0.39, 0.29) is 5.54 Å². The van der Waals surface area contributed by atoms with Crippen LogP contribution in [0.3, 0.4) is 0 Å². The van der Waals surface area contributed by atoms with Crippen molar-refractivity contribution in [2.24, 2.45) is 5.73 Å². The molecular formula is C14H13N3S. The molecule has 18 heavy (non-hydrogen) atoms. The fourth-order valence-electron chi connectivity index (χ4n) is 2.12. The Morgan fingerprint density at radius 3 is 2.56 bits per heavy atom. The Kier molecular flexibility index (Phi) is 2.66. The Labute approximate surface area is 110 Å². The van der Waals surface area contributed by atoms with Crippen molar-refractivity contribution in [2.45, 2.75) is 24.8 Å². The molecule has 0 radical (unpaired) electrons. The van der Waals surface area contributed by atoms with Crippen LogP contribution in [0.15, 0.2) is 29.6 Å². The van der Waals surface area contributed by atoms with E-state index >= 15 is 0 Å². The summed E-state index contributed by atoms with van der Waals surface area (Å²) in [7, 11) is 0. The Balaban J connectivity index is 1.90. The number of nitrogens with two attached hydrogens (primary N) is 1. The average Bonchev–Trinajstić information content (AvgIpc) is 2.86. The van der Waals surface area contributed by atoms with E-state index in [1.807, 2.05) is 29.6 Å². The Morgan fingerprint density at radius 2 is 2.00 bits per heavy atom. The highest BCUT2D eigenvalue weighted by Gasteiger charge is 2.37. The second kappa shape index (κ2) is 4.20. The normalized spacial score (nSPS) is 16.9. The molecule has 1 aromatic heterocycles. The Morgan fingerprint density at radius 1 is 1.28 bits per heavy atom. The number of benzene rings is 1. The van der Waals surface area contributed by atoms with Crippen LogP contribution in [-0.2, 0) is 5.54 Å². The first kappa shape index (κ1) is 11.4. The summed E-state index contributed by atoms with van der Waals surface area (Å²) in [4.78, 5) is 4.64. The summed E-state index contributed by atoms with van der Waals surface area (Å²) in [5, 5.41) is 11.8. The molecule has 0 bridgehead atoms. The lowest BCUT2D eigenvalue weighted by Gasteiger charge is -2.35. The molecule has 1 aliphatic carbocycles. The van der Waals surface area contributed by atoms with Crippen LogP contribution in [0.1, 0.15) is 29.8 Å². The van der Waals surface area contributed by atoms with Gasteiger partial charge in [0.05, 0.1) is 22.9 Å². The van der Waals surface area contributed by atoms with Crippen LogP contribution in [0.2, 0.25) is 0 Å². The second-order valence-corrected chi connectivity index (χ2v) is 5.59. The highest BCUT2D eigenvalue weighted by Crippen LogP contribution is 2.41. The molecule has 0 spiro atoms. The topological polar surface area (TPSA) is 62.7 Å². The minimum absolute atomic E-state index is 0.185. The van der Waals surface area contributed by atoms with Crippen LogP contribution in [0, 0.1) is 11.3 Å². The minimum Gasteiger partial charge on any atom is -0.319 e. The van der Waals surface area contributed by atoms with E-state index < -0.39 is 0 Å². The van der Waals surface area contributed by atoms with Gasteiger partial charge in [0.1, 0.15) is 5.01 Å². The lowest BCUT2D eigenvalue weighted by atomic mass is 9.78. The van der Waals surface area contributed by atoms with Crippen molar-refractivity contribution < 1.29 is 0 Å². The van der Waals surface area contributed by atoms with E-state index in [9.17, 15) is 0 Å². The summed E-state index contributed by atoms with van der Waals surface area (Å²) in [5.41, 5.74) is 8.75. The Hall–Kier alpha value is -1.70. The van der Waals surface area contributed by atoms with Gasteiger partial charge in [-0.15, -0.1) is 11.3 Å².